The lowest BCUT2D eigenvalue weighted by atomic mass is 10.0. The SMILES string of the molecule is C=CCn1c(SCC(=O)Nc2nc(-c3ccccc3)c(C)s2)nnc1[C@H](CC(C)C)NC(=O)c1ccc(Cl)cc1Cl. The Hall–Kier alpha value is -3.18. The molecule has 0 fully saturated rings. The number of aromatic nitrogens is 4. The van der Waals surface area contributed by atoms with Crippen LogP contribution in [0.4, 0.5) is 5.13 Å². The minimum absolute atomic E-state index is 0.107. The van der Waals surface area contributed by atoms with E-state index in [2.05, 4.69) is 46.2 Å². The third-order valence-corrected chi connectivity index (χ3v) is 8.38. The van der Waals surface area contributed by atoms with Crippen LogP contribution in [-0.2, 0) is 11.3 Å². The van der Waals surface area contributed by atoms with Gasteiger partial charge in [0.2, 0.25) is 5.91 Å². The van der Waals surface area contributed by atoms with Gasteiger partial charge in [-0.3, -0.25) is 9.59 Å². The van der Waals surface area contributed by atoms with Crippen LogP contribution in [0.2, 0.25) is 10.0 Å². The van der Waals surface area contributed by atoms with Crippen molar-refractivity contribution in [2.24, 2.45) is 5.92 Å². The summed E-state index contributed by atoms with van der Waals surface area (Å²) in [4.78, 5) is 31.6. The zero-order valence-electron chi connectivity index (χ0n) is 22.9. The lowest BCUT2D eigenvalue weighted by Gasteiger charge is -2.21. The summed E-state index contributed by atoms with van der Waals surface area (Å²) in [6.07, 6.45) is 2.34. The molecule has 12 heteroatoms. The Morgan fingerprint density at radius 1 is 1.15 bits per heavy atom. The lowest BCUT2D eigenvalue weighted by Crippen LogP contribution is -2.32. The molecule has 8 nitrogen and oxygen atoms in total. The molecule has 2 aromatic heterocycles. The fourth-order valence-electron chi connectivity index (χ4n) is 4.17. The molecule has 2 aromatic carbocycles. The number of amides is 2. The fourth-order valence-corrected chi connectivity index (χ4v) is 6.28. The maximum Gasteiger partial charge on any atom is 0.253 e. The molecule has 41 heavy (non-hydrogen) atoms. The van der Waals surface area contributed by atoms with Gasteiger partial charge in [0.05, 0.1) is 28.1 Å². The smallest absolute Gasteiger partial charge is 0.253 e. The van der Waals surface area contributed by atoms with Crippen molar-refractivity contribution in [1.29, 1.82) is 0 Å². The highest BCUT2D eigenvalue weighted by Crippen LogP contribution is 2.31. The Morgan fingerprint density at radius 2 is 1.90 bits per heavy atom. The predicted molar refractivity (Wildman–Crippen MR) is 168 cm³/mol. The van der Waals surface area contributed by atoms with Crippen LogP contribution in [-0.4, -0.2) is 37.3 Å². The van der Waals surface area contributed by atoms with Crippen LogP contribution in [0.5, 0.6) is 0 Å². The van der Waals surface area contributed by atoms with Crippen molar-refractivity contribution >= 4 is 63.2 Å². The molecule has 0 saturated carbocycles. The fraction of sp³-hybridized carbons (Fsp3) is 0.276. The van der Waals surface area contributed by atoms with E-state index in [1.807, 2.05) is 41.8 Å². The van der Waals surface area contributed by atoms with Gasteiger partial charge in [-0.25, -0.2) is 4.98 Å². The molecule has 0 aliphatic carbocycles. The van der Waals surface area contributed by atoms with Gasteiger partial charge in [-0.2, -0.15) is 0 Å². The number of hydrogen-bond acceptors (Lipinski definition) is 7. The van der Waals surface area contributed by atoms with E-state index in [4.69, 9.17) is 23.2 Å². The molecule has 0 aliphatic heterocycles. The number of anilines is 1. The third kappa shape index (κ3) is 7.97. The first-order chi connectivity index (χ1) is 19.7. The molecule has 214 valence electrons. The van der Waals surface area contributed by atoms with Gasteiger partial charge in [-0.1, -0.05) is 85.2 Å². The predicted octanol–water partition coefficient (Wildman–Crippen LogP) is 7.45. The summed E-state index contributed by atoms with van der Waals surface area (Å²) in [6.45, 7) is 10.4. The summed E-state index contributed by atoms with van der Waals surface area (Å²) in [5.41, 5.74) is 2.17. The molecule has 0 aliphatic rings. The van der Waals surface area contributed by atoms with E-state index in [0.717, 1.165) is 16.1 Å². The van der Waals surface area contributed by atoms with Crippen LogP contribution in [0.15, 0.2) is 66.3 Å². The van der Waals surface area contributed by atoms with Crippen LogP contribution in [0.25, 0.3) is 11.3 Å². The third-order valence-electron chi connectivity index (χ3n) is 5.98. The second kappa shape index (κ2) is 14.1. The Bertz CT molecular complexity index is 1540. The number of halogens is 2. The maximum atomic E-state index is 13.1. The average Bonchev–Trinajstić information content (AvgIpc) is 3.50. The average molecular weight is 630 g/mol. The van der Waals surface area contributed by atoms with Crippen molar-refractivity contribution in [2.75, 3.05) is 11.1 Å². The standard InChI is InChI=1S/C29H30Cl2N6O2S2/c1-5-13-37-26(23(14-17(2)3)32-27(39)21-12-11-20(30)15-22(21)31)35-36-29(37)40-16-24(38)33-28-34-25(18(4)41-28)19-9-7-6-8-10-19/h5-12,15,17,23H,1,13-14,16H2,2-4H3,(H,32,39)(H,33,34,38)/t23-/m0/s1. The molecule has 4 aromatic rings. The second-order valence-corrected chi connectivity index (χ2v) is 12.6. The number of aryl methyl sites for hydroxylation is 1. The van der Waals surface area contributed by atoms with Crippen LogP contribution >= 0.6 is 46.3 Å². The van der Waals surface area contributed by atoms with E-state index < -0.39 is 6.04 Å². The molecule has 0 saturated heterocycles. The van der Waals surface area contributed by atoms with E-state index in [1.54, 1.807) is 18.2 Å². The molecule has 2 N–H and O–H groups in total. The highest BCUT2D eigenvalue weighted by molar-refractivity contribution is 7.99. The van der Waals surface area contributed by atoms with Gasteiger partial charge in [0, 0.05) is 22.0 Å². The first kappa shape index (κ1) is 30.8. The number of allylic oxidation sites excluding steroid dienone is 1. The van der Waals surface area contributed by atoms with E-state index in [-0.39, 0.29) is 28.5 Å². The Kier molecular flexibility index (Phi) is 10.6. The molecule has 0 bridgehead atoms. The minimum atomic E-state index is -0.445. The zero-order chi connectivity index (χ0) is 29.5. The van der Waals surface area contributed by atoms with E-state index in [1.165, 1.54) is 29.2 Å². The monoisotopic (exact) mass is 628 g/mol. The van der Waals surface area contributed by atoms with Crippen molar-refractivity contribution in [2.45, 2.75) is 44.9 Å². The van der Waals surface area contributed by atoms with Gasteiger partial charge in [-0.15, -0.1) is 28.1 Å². The molecular weight excluding hydrogens is 599 g/mol. The summed E-state index contributed by atoms with van der Waals surface area (Å²) in [7, 11) is 0. The van der Waals surface area contributed by atoms with Crippen molar-refractivity contribution in [3.63, 3.8) is 0 Å². The topological polar surface area (TPSA) is 102 Å². The lowest BCUT2D eigenvalue weighted by molar-refractivity contribution is -0.113. The minimum Gasteiger partial charge on any atom is -0.342 e. The number of hydrogen-bond donors (Lipinski definition) is 2. The molecule has 0 radical (unpaired) electrons. The number of benzene rings is 2. The van der Waals surface area contributed by atoms with Gasteiger partial charge in [0.15, 0.2) is 16.1 Å². The summed E-state index contributed by atoms with van der Waals surface area (Å²) in [5.74, 6) is 0.383. The number of carbonyl (C=O) groups excluding carboxylic acids is 2. The van der Waals surface area contributed by atoms with Crippen LogP contribution in [0, 0.1) is 12.8 Å². The van der Waals surface area contributed by atoms with E-state index in [0.29, 0.717) is 39.7 Å². The summed E-state index contributed by atoms with van der Waals surface area (Å²) in [6, 6.07) is 14.2. The number of nitrogens with one attached hydrogen (secondary N) is 2. The number of thiazole rings is 1. The van der Waals surface area contributed by atoms with Gasteiger partial charge in [0.1, 0.15) is 0 Å². The van der Waals surface area contributed by atoms with Crippen molar-refractivity contribution in [3.05, 3.63) is 87.5 Å². The van der Waals surface area contributed by atoms with Crippen molar-refractivity contribution < 1.29 is 9.59 Å². The molecular formula is C29H30Cl2N6O2S2. The highest BCUT2D eigenvalue weighted by Gasteiger charge is 2.25. The van der Waals surface area contributed by atoms with Crippen molar-refractivity contribution in [3.8, 4) is 11.3 Å². The molecule has 0 unspecified atom stereocenters. The molecule has 4 rings (SSSR count). The van der Waals surface area contributed by atoms with Gasteiger partial charge >= 0.3 is 0 Å². The van der Waals surface area contributed by atoms with E-state index >= 15 is 0 Å². The number of rotatable bonds is 12. The van der Waals surface area contributed by atoms with Gasteiger partial charge in [-0.05, 0) is 37.5 Å². The first-order valence-electron chi connectivity index (χ1n) is 12.9. The van der Waals surface area contributed by atoms with Gasteiger partial charge in [0.25, 0.3) is 5.91 Å². The van der Waals surface area contributed by atoms with Crippen LogP contribution in [0.1, 0.15) is 47.4 Å². The normalized spacial score (nSPS) is 11.9. The van der Waals surface area contributed by atoms with Crippen molar-refractivity contribution in [1.82, 2.24) is 25.1 Å². The van der Waals surface area contributed by atoms with Crippen LogP contribution < -0.4 is 10.6 Å². The van der Waals surface area contributed by atoms with Crippen LogP contribution in [0.3, 0.4) is 0 Å². The Morgan fingerprint density at radius 3 is 2.59 bits per heavy atom. The molecule has 0 spiro atoms. The molecule has 2 heterocycles. The largest absolute Gasteiger partial charge is 0.342 e. The first-order valence-corrected chi connectivity index (χ1v) is 15.5. The molecule has 1 atom stereocenters. The summed E-state index contributed by atoms with van der Waals surface area (Å²) < 4.78 is 1.86. The number of thioether (sulfide) groups is 1. The second-order valence-electron chi connectivity index (χ2n) is 9.65. The Balaban J connectivity index is 1.48. The maximum absolute atomic E-state index is 13.1. The Labute approximate surface area is 257 Å². The van der Waals surface area contributed by atoms with E-state index in [9.17, 15) is 9.59 Å². The quantitative estimate of drug-likeness (QED) is 0.125. The summed E-state index contributed by atoms with van der Waals surface area (Å²) in [5, 5.41) is 16.5. The molecule has 2 amide bonds. The van der Waals surface area contributed by atoms with Gasteiger partial charge < -0.3 is 15.2 Å². The number of nitrogens with zero attached hydrogens (tertiary/aromatic N) is 4. The summed E-state index contributed by atoms with van der Waals surface area (Å²) >= 11 is 15.0. The zero-order valence-corrected chi connectivity index (χ0v) is 26.0. The highest BCUT2D eigenvalue weighted by atomic mass is 35.5. The number of carbonyl (C=O) groups is 2.